The van der Waals surface area contributed by atoms with Crippen molar-refractivity contribution in [1.29, 1.82) is 0 Å². The fourth-order valence-electron chi connectivity index (χ4n) is 2.37. The van der Waals surface area contributed by atoms with Crippen LogP contribution in [0.25, 0.3) is 0 Å². The topological polar surface area (TPSA) is 61.8 Å². The lowest BCUT2D eigenvalue weighted by Gasteiger charge is -2.08. The van der Waals surface area contributed by atoms with Crippen molar-refractivity contribution in [2.24, 2.45) is 0 Å². The molecule has 3 aromatic rings. The van der Waals surface area contributed by atoms with Gasteiger partial charge in [-0.25, -0.2) is 9.59 Å². The molecule has 0 bridgehead atoms. The molecule has 0 aliphatic carbocycles. The van der Waals surface area contributed by atoms with Crippen LogP contribution < -0.4 is 9.47 Å². The molecule has 0 atom stereocenters. The van der Waals surface area contributed by atoms with E-state index in [4.69, 9.17) is 37.4 Å². The SMILES string of the molecule is O=C(OCCOc1ccccc1)c1ccc(OC(=O)c2ccc(Cl)cc2Cl)cc1. The fourth-order valence-corrected chi connectivity index (χ4v) is 2.86. The minimum atomic E-state index is -0.625. The molecule has 0 spiro atoms. The zero-order valence-electron chi connectivity index (χ0n) is 15.1. The Balaban J connectivity index is 1.50. The molecule has 0 N–H and O–H groups in total. The van der Waals surface area contributed by atoms with E-state index in [1.165, 1.54) is 36.4 Å². The molecule has 0 saturated carbocycles. The number of esters is 2. The third-order valence-electron chi connectivity index (χ3n) is 3.78. The molecule has 3 aromatic carbocycles. The van der Waals surface area contributed by atoms with E-state index in [-0.39, 0.29) is 29.5 Å². The van der Waals surface area contributed by atoms with E-state index in [0.717, 1.165) is 0 Å². The lowest BCUT2D eigenvalue weighted by molar-refractivity contribution is 0.0450. The Morgan fingerprint density at radius 3 is 2.17 bits per heavy atom. The average molecular weight is 431 g/mol. The first-order valence-electron chi connectivity index (χ1n) is 8.65. The number of ether oxygens (including phenoxy) is 3. The van der Waals surface area contributed by atoms with E-state index in [1.54, 1.807) is 6.07 Å². The predicted molar refractivity (Wildman–Crippen MR) is 110 cm³/mol. The van der Waals surface area contributed by atoms with Crippen LogP contribution in [0.15, 0.2) is 72.8 Å². The Kier molecular flexibility index (Phi) is 7.11. The summed E-state index contributed by atoms with van der Waals surface area (Å²) in [6, 6.07) is 19.7. The van der Waals surface area contributed by atoms with Crippen molar-refractivity contribution >= 4 is 35.1 Å². The summed E-state index contributed by atoms with van der Waals surface area (Å²) >= 11 is 11.8. The van der Waals surface area contributed by atoms with Gasteiger partial charge in [-0.15, -0.1) is 0 Å². The van der Waals surface area contributed by atoms with Crippen LogP contribution in [-0.4, -0.2) is 25.2 Å². The van der Waals surface area contributed by atoms with Gasteiger partial charge >= 0.3 is 11.9 Å². The Labute approximate surface area is 177 Å². The average Bonchev–Trinajstić information content (AvgIpc) is 2.72. The Morgan fingerprint density at radius 1 is 0.759 bits per heavy atom. The number of carbonyl (C=O) groups excluding carboxylic acids is 2. The molecule has 0 aromatic heterocycles. The summed E-state index contributed by atoms with van der Waals surface area (Å²) in [6.07, 6.45) is 0. The van der Waals surface area contributed by atoms with Crippen molar-refractivity contribution in [3.8, 4) is 11.5 Å². The summed E-state index contributed by atoms with van der Waals surface area (Å²) in [5, 5.41) is 0.615. The molecular formula is C22H16Cl2O5. The van der Waals surface area contributed by atoms with Crippen molar-refractivity contribution < 1.29 is 23.8 Å². The van der Waals surface area contributed by atoms with Crippen LogP contribution in [-0.2, 0) is 4.74 Å². The summed E-state index contributed by atoms with van der Waals surface area (Å²) in [4.78, 5) is 24.3. The maximum atomic E-state index is 12.2. The Morgan fingerprint density at radius 2 is 1.48 bits per heavy atom. The first-order valence-corrected chi connectivity index (χ1v) is 9.41. The van der Waals surface area contributed by atoms with Crippen molar-refractivity contribution in [3.05, 3.63) is 94.0 Å². The van der Waals surface area contributed by atoms with Crippen LogP contribution in [0.3, 0.4) is 0 Å². The van der Waals surface area contributed by atoms with Gasteiger partial charge in [-0.1, -0.05) is 41.4 Å². The third kappa shape index (κ3) is 5.98. The smallest absolute Gasteiger partial charge is 0.345 e. The molecular weight excluding hydrogens is 415 g/mol. The van der Waals surface area contributed by atoms with Gasteiger partial charge in [0.25, 0.3) is 0 Å². The second-order valence-electron chi connectivity index (χ2n) is 5.84. The largest absolute Gasteiger partial charge is 0.490 e. The van der Waals surface area contributed by atoms with Gasteiger partial charge in [0.2, 0.25) is 0 Å². The van der Waals surface area contributed by atoms with Gasteiger partial charge < -0.3 is 14.2 Å². The lowest BCUT2D eigenvalue weighted by atomic mass is 10.2. The van der Waals surface area contributed by atoms with E-state index in [2.05, 4.69) is 0 Å². The van der Waals surface area contributed by atoms with Crippen LogP contribution in [0.2, 0.25) is 10.0 Å². The number of benzene rings is 3. The quantitative estimate of drug-likeness (QED) is 0.283. The number of carbonyl (C=O) groups is 2. The molecule has 0 aliphatic rings. The van der Waals surface area contributed by atoms with Crippen molar-refractivity contribution in [2.75, 3.05) is 13.2 Å². The van der Waals surface area contributed by atoms with Gasteiger partial charge in [0.1, 0.15) is 24.7 Å². The standard InChI is InChI=1S/C22H16Cl2O5/c23-16-8-11-19(20(24)14-16)22(26)29-18-9-6-15(7-10-18)21(25)28-13-12-27-17-4-2-1-3-5-17/h1-11,14H,12-13H2. The molecule has 0 saturated heterocycles. The summed E-state index contributed by atoms with van der Waals surface area (Å²) in [5.74, 6) is -0.152. The van der Waals surface area contributed by atoms with Gasteiger partial charge in [0.15, 0.2) is 0 Å². The maximum absolute atomic E-state index is 12.2. The Bertz CT molecular complexity index is 988. The summed E-state index contributed by atoms with van der Waals surface area (Å²) in [5.41, 5.74) is 0.520. The highest BCUT2D eigenvalue weighted by Crippen LogP contribution is 2.23. The van der Waals surface area contributed by atoms with Crippen LogP contribution in [0, 0.1) is 0 Å². The first kappa shape index (κ1) is 20.7. The van der Waals surface area contributed by atoms with E-state index in [1.807, 2.05) is 30.3 Å². The van der Waals surface area contributed by atoms with Gasteiger partial charge in [0, 0.05) is 5.02 Å². The molecule has 5 nitrogen and oxygen atoms in total. The molecule has 0 amide bonds. The summed E-state index contributed by atoms with van der Waals surface area (Å²) in [6.45, 7) is 0.354. The minimum absolute atomic E-state index is 0.111. The zero-order chi connectivity index (χ0) is 20.6. The van der Waals surface area contributed by atoms with Crippen LogP contribution in [0.1, 0.15) is 20.7 Å². The monoisotopic (exact) mass is 430 g/mol. The van der Waals surface area contributed by atoms with E-state index >= 15 is 0 Å². The number of hydrogen-bond donors (Lipinski definition) is 0. The molecule has 3 rings (SSSR count). The molecule has 0 unspecified atom stereocenters. The lowest BCUT2D eigenvalue weighted by Crippen LogP contribution is -2.12. The molecule has 148 valence electrons. The van der Waals surface area contributed by atoms with Gasteiger partial charge in [-0.2, -0.15) is 0 Å². The van der Waals surface area contributed by atoms with Crippen LogP contribution in [0.5, 0.6) is 11.5 Å². The van der Waals surface area contributed by atoms with Crippen molar-refractivity contribution in [1.82, 2.24) is 0 Å². The van der Waals surface area contributed by atoms with Crippen LogP contribution in [0.4, 0.5) is 0 Å². The second-order valence-corrected chi connectivity index (χ2v) is 6.68. The third-order valence-corrected chi connectivity index (χ3v) is 4.33. The molecule has 0 aliphatic heterocycles. The van der Waals surface area contributed by atoms with Gasteiger partial charge in [0.05, 0.1) is 16.1 Å². The molecule has 0 radical (unpaired) electrons. The number of hydrogen-bond acceptors (Lipinski definition) is 5. The van der Waals surface area contributed by atoms with E-state index in [9.17, 15) is 9.59 Å². The number of para-hydroxylation sites is 1. The number of rotatable bonds is 7. The summed E-state index contributed by atoms with van der Waals surface area (Å²) in [7, 11) is 0. The van der Waals surface area contributed by atoms with E-state index < -0.39 is 11.9 Å². The highest BCUT2D eigenvalue weighted by Gasteiger charge is 2.14. The molecule has 29 heavy (non-hydrogen) atoms. The van der Waals surface area contributed by atoms with Crippen LogP contribution >= 0.6 is 23.2 Å². The highest BCUT2D eigenvalue weighted by atomic mass is 35.5. The Hall–Kier alpha value is -3.02. The number of halogens is 2. The maximum Gasteiger partial charge on any atom is 0.345 e. The minimum Gasteiger partial charge on any atom is -0.490 e. The van der Waals surface area contributed by atoms with Crippen molar-refractivity contribution in [3.63, 3.8) is 0 Å². The van der Waals surface area contributed by atoms with Gasteiger partial charge in [-0.05, 0) is 54.6 Å². The highest BCUT2D eigenvalue weighted by molar-refractivity contribution is 6.36. The van der Waals surface area contributed by atoms with E-state index in [0.29, 0.717) is 16.3 Å². The molecule has 7 heteroatoms. The fraction of sp³-hybridized carbons (Fsp3) is 0.0909. The summed E-state index contributed by atoms with van der Waals surface area (Å²) < 4.78 is 15.9. The van der Waals surface area contributed by atoms with Crippen molar-refractivity contribution in [2.45, 2.75) is 0 Å². The zero-order valence-corrected chi connectivity index (χ0v) is 16.7. The molecule has 0 heterocycles. The second kappa shape index (κ2) is 9.96. The normalized spacial score (nSPS) is 10.3. The van der Waals surface area contributed by atoms with Gasteiger partial charge in [-0.3, -0.25) is 0 Å². The first-order chi connectivity index (χ1) is 14.0. The molecule has 0 fully saturated rings. The predicted octanol–water partition coefficient (Wildman–Crippen LogP) is 5.45.